The lowest BCUT2D eigenvalue weighted by Crippen LogP contribution is -2.50. The SMILES string of the molecule is C[C@H]1CN([C@@H](C)CO)S(=O)(=O)c2ccc(C#CC3(O)CCCC3)cc2O[C@H]1CN(C)C(=O)Cc1ccncc1. The molecule has 1 aliphatic carbocycles. The third kappa shape index (κ3) is 6.79. The number of carbonyl (C=O) groups excluding carboxylic acids is 1. The molecule has 1 amide bonds. The number of likely N-dealkylation sites (N-methyl/N-ethyl adjacent to an activating group) is 1. The van der Waals surface area contributed by atoms with Crippen LogP contribution in [0, 0.1) is 17.8 Å². The number of sulfonamides is 1. The Hall–Kier alpha value is -2.97. The van der Waals surface area contributed by atoms with Crippen LogP contribution in [-0.2, 0) is 21.2 Å². The van der Waals surface area contributed by atoms with Crippen molar-refractivity contribution >= 4 is 15.9 Å². The van der Waals surface area contributed by atoms with Crippen LogP contribution in [-0.4, -0.2) is 83.2 Å². The molecule has 0 unspecified atom stereocenters. The molecular weight excluding hydrogens is 518 g/mol. The van der Waals surface area contributed by atoms with Gasteiger partial charge in [0.2, 0.25) is 15.9 Å². The van der Waals surface area contributed by atoms with Crippen LogP contribution in [0.4, 0.5) is 0 Å². The van der Waals surface area contributed by atoms with Crippen LogP contribution in [0.3, 0.4) is 0 Å². The summed E-state index contributed by atoms with van der Waals surface area (Å²) in [6.07, 6.45) is 6.03. The summed E-state index contributed by atoms with van der Waals surface area (Å²) < 4.78 is 35.0. The van der Waals surface area contributed by atoms with Gasteiger partial charge in [-0.25, -0.2) is 8.42 Å². The number of rotatable bonds is 6. The number of nitrogens with zero attached hydrogens (tertiary/aromatic N) is 3. The van der Waals surface area contributed by atoms with Gasteiger partial charge in [0.1, 0.15) is 22.4 Å². The second kappa shape index (κ2) is 12.0. The number of carbonyl (C=O) groups is 1. The quantitative estimate of drug-likeness (QED) is 0.525. The first kappa shape index (κ1) is 29.0. The molecular formula is C29H37N3O6S. The molecule has 1 aliphatic heterocycles. The number of aliphatic hydroxyl groups is 2. The maximum Gasteiger partial charge on any atom is 0.247 e. The minimum atomic E-state index is -3.99. The third-order valence-corrected chi connectivity index (χ3v) is 9.54. The molecule has 39 heavy (non-hydrogen) atoms. The van der Waals surface area contributed by atoms with Crippen molar-refractivity contribution < 1.29 is 28.2 Å². The van der Waals surface area contributed by atoms with Crippen LogP contribution in [0.5, 0.6) is 5.75 Å². The predicted molar refractivity (Wildman–Crippen MR) is 146 cm³/mol. The minimum absolute atomic E-state index is 0.0180. The summed E-state index contributed by atoms with van der Waals surface area (Å²) in [4.78, 5) is 18.5. The Morgan fingerprint density at radius 2 is 1.95 bits per heavy atom. The fourth-order valence-corrected chi connectivity index (χ4v) is 6.80. The van der Waals surface area contributed by atoms with Crippen molar-refractivity contribution in [2.75, 3.05) is 26.7 Å². The monoisotopic (exact) mass is 555 g/mol. The molecule has 10 heteroatoms. The molecule has 1 saturated carbocycles. The highest BCUT2D eigenvalue weighted by molar-refractivity contribution is 7.89. The average molecular weight is 556 g/mol. The largest absolute Gasteiger partial charge is 0.487 e. The van der Waals surface area contributed by atoms with Gasteiger partial charge in [-0.15, -0.1) is 0 Å². The number of fused-ring (bicyclic) bond motifs is 1. The normalized spacial score (nSPS) is 22.8. The zero-order chi connectivity index (χ0) is 28.2. The smallest absolute Gasteiger partial charge is 0.247 e. The summed E-state index contributed by atoms with van der Waals surface area (Å²) in [5.41, 5.74) is 0.347. The van der Waals surface area contributed by atoms with Crippen molar-refractivity contribution in [2.45, 2.75) is 68.6 Å². The Morgan fingerprint density at radius 3 is 2.62 bits per heavy atom. The van der Waals surface area contributed by atoms with Crippen molar-refractivity contribution in [3.05, 3.63) is 53.9 Å². The molecule has 0 bridgehead atoms. The van der Waals surface area contributed by atoms with Gasteiger partial charge in [-0.05, 0) is 68.5 Å². The summed E-state index contributed by atoms with van der Waals surface area (Å²) in [6.45, 7) is 3.56. The number of hydrogen-bond acceptors (Lipinski definition) is 7. The summed E-state index contributed by atoms with van der Waals surface area (Å²) >= 11 is 0. The van der Waals surface area contributed by atoms with Gasteiger partial charge in [-0.3, -0.25) is 9.78 Å². The fourth-order valence-electron chi connectivity index (χ4n) is 4.98. The average Bonchev–Trinajstić information content (AvgIpc) is 3.36. The standard InChI is InChI=1S/C29H37N3O6S/c1-21-18-32(22(2)20-33)39(36,37)27-7-6-23(8-13-29(35)11-4-5-12-29)16-25(27)38-26(21)19-31(3)28(34)17-24-9-14-30-15-10-24/h6-7,9-10,14-16,21-22,26,33,35H,4-5,11-12,17-20H2,1-3H3/t21-,22-,26-/m0/s1. The van der Waals surface area contributed by atoms with Crippen molar-refractivity contribution in [2.24, 2.45) is 5.92 Å². The zero-order valence-corrected chi connectivity index (χ0v) is 23.5. The minimum Gasteiger partial charge on any atom is -0.487 e. The van der Waals surface area contributed by atoms with Crippen molar-refractivity contribution in [1.29, 1.82) is 0 Å². The Bertz CT molecular complexity index is 1330. The topological polar surface area (TPSA) is 120 Å². The van der Waals surface area contributed by atoms with Gasteiger partial charge < -0.3 is 19.8 Å². The first-order valence-corrected chi connectivity index (χ1v) is 14.8. The van der Waals surface area contributed by atoms with E-state index in [0.717, 1.165) is 18.4 Å². The molecule has 2 aromatic rings. The van der Waals surface area contributed by atoms with Gasteiger partial charge >= 0.3 is 0 Å². The maximum atomic E-state index is 13.7. The Balaban J connectivity index is 1.66. The van der Waals surface area contributed by atoms with Gasteiger partial charge in [-0.2, -0.15) is 4.31 Å². The lowest BCUT2D eigenvalue weighted by molar-refractivity contribution is -0.130. The van der Waals surface area contributed by atoms with Crippen molar-refractivity contribution in [3.63, 3.8) is 0 Å². The first-order valence-electron chi connectivity index (χ1n) is 13.3. The van der Waals surface area contributed by atoms with Crippen molar-refractivity contribution in [3.8, 4) is 17.6 Å². The molecule has 0 radical (unpaired) electrons. The van der Waals surface area contributed by atoms with Crippen LogP contribution < -0.4 is 4.74 Å². The molecule has 0 spiro atoms. The Labute approximate surface area is 230 Å². The fraction of sp³-hybridized carbons (Fsp3) is 0.517. The molecule has 2 N–H and O–H groups in total. The van der Waals surface area contributed by atoms with E-state index < -0.39 is 27.8 Å². The molecule has 0 saturated heterocycles. The van der Waals surface area contributed by atoms with E-state index in [1.807, 2.05) is 6.92 Å². The Kier molecular flexibility index (Phi) is 8.96. The third-order valence-electron chi connectivity index (χ3n) is 7.52. The zero-order valence-electron chi connectivity index (χ0n) is 22.7. The highest BCUT2D eigenvalue weighted by Crippen LogP contribution is 2.34. The van der Waals surface area contributed by atoms with E-state index in [4.69, 9.17) is 4.74 Å². The van der Waals surface area contributed by atoms with Crippen LogP contribution in [0.2, 0.25) is 0 Å². The number of aromatic nitrogens is 1. The molecule has 210 valence electrons. The molecule has 1 aromatic carbocycles. The predicted octanol–water partition coefficient (Wildman–Crippen LogP) is 2.21. The van der Waals surface area contributed by atoms with Gasteiger partial charge in [-0.1, -0.05) is 18.8 Å². The summed E-state index contributed by atoms with van der Waals surface area (Å²) in [5, 5.41) is 20.5. The molecule has 2 aliphatic rings. The van der Waals surface area contributed by atoms with Gasteiger partial charge in [0.15, 0.2) is 0 Å². The van der Waals surface area contributed by atoms with E-state index >= 15 is 0 Å². The van der Waals surface area contributed by atoms with Crippen LogP contribution in [0.1, 0.15) is 50.7 Å². The van der Waals surface area contributed by atoms with Gasteiger partial charge in [0.05, 0.1) is 19.6 Å². The number of ether oxygens (including phenoxy) is 1. The number of aliphatic hydroxyl groups excluding tert-OH is 1. The highest BCUT2D eigenvalue weighted by Gasteiger charge is 2.38. The van der Waals surface area contributed by atoms with E-state index in [2.05, 4.69) is 16.8 Å². The summed E-state index contributed by atoms with van der Waals surface area (Å²) in [5.74, 6) is 5.70. The van der Waals surface area contributed by atoms with E-state index in [9.17, 15) is 23.4 Å². The molecule has 4 rings (SSSR count). The molecule has 3 atom stereocenters. The van der Waals surface area contributed by atoms with E-state index in [0.29, 0.717) is 18.4 Å². The molecule has 9 nitrogen and oxygen atoms in total. The second-order valence-electron chi connectivity index (χ2n) is 10.7. The molecule has 2 heterocycles. The lowest BCUT2D eigenvalue weighted by atomic mass is 10.0. The van der Waals surface area contributed by atoms with E-state index in [1.54, 1.807) is 55.5 Å². The van der Waals surface area contributed by atoms with E-state index in [1.165, 1.54) is 10.4 Å². The first-order chi connectivity index (χ1) is 18.5. The highest BCUT2D eigenvalue weighted by atomic mass is 32.2. The number of benzene rings is 1. The molecule has 1 aromatic heterocycles. The number of amides is 1. The number of hydrogen-bond donors (Lipinski definition) is 2. The van der Waals surface area contributed by atoms with Crippen LogP contribution >= 0.6 is 0 Å². The van der Waals surface area contributed by atoms with Crippen molar-refractivity contribution in [1.82, 2.24) is 14.2 Å². The molecule has 1 fully saturated rings. The number of pyridine rings is 1. The second-order valence-corrected chi connectivity index (χ2v) is 12.6. The van der Waals surface area contributed by atoms with Crippen LogP contribution in [0.15, 0.2) is 47.6 Å². The van der Waals surface area contributed by atoms with Gasteiger partial charge in [0.25, 0.3) is 0 Å². The van der Waals surface area contributed by atoms with Crippen LogP contribution in [0.25, 0.3) is 0 Å². The summed E-state index contributed by atoms with van der Waals surface area (Å²) in [6, 6.07) is 7.60. The maximum absolute atomic E-state index is 13.7. The van der Waals surface area contributed by atoms with E-state index in [-0.39, 0.29) is 48.6 Å². The summed E-state index contributed by atoms with van der Waals surface area (Å²) in [7, 11) is -2.29. The van der Waals surface area contributed by atoms with Gasteiger partial charge in [0, 0.05) is 43.5 Å². The lowest BCUT2D eigenvalue weighted by Gasteiger charge is -2.37. The Morgan fingerprint density at radius 1 is 1.26 bits per heavy atom.